The summed E-state index contributed by atoms with van der Waals surface area (Å²) in [5.41, 5.74) is 4.40. The molecule has 0 unspecified atom stereocenters. The standard InChI is InChI=1S/C20H19N3O2/c1-13-6-7-17(23-9-8-21-12-23)16(10-13)20(25)22-19-15-5-3-2-4-14(15)11-18(19)24/h2-10,12,18-19,24H,11H2,1H3,(H,22,25)/t18-,19+/m1/s1. The normalized spacial score (nSPS) is 18.8. The average molecular weight is 333 g/mol. The van der Waals surface area contributed by atoms with Gasteiger partial charge in [0.25, 0.3) is 5.91 Å². The molecule has 2 atom stereocenters. The van der Waals surface area contributed by atoms with Gasteiger partial charge in [-0.25, -0.2) is 4.98 Å². The molecule has 0 aliphatic heterocycles. The molecule has 4 rings (SSSR count). The Labute approximate surface area is 146 Å². The van der Waals surface area contributed by atoms with E-state index in [0.717, 1.165) is 22.4 Å². The number of amides is 1. The van der Waals surface area contributed by atoms with Crippen molar-refractivity contribution in [2.75, 3.05) is 0 Å². The molecular weight excluding hydrogens is 314 g/mol. The fraction of sp³-hybridized carbons (Fsp3) is 0.200. The molecule has 0 fully saturated rings. The molecule has 1 aromatic heterocycles. The summed E-state index contributed by atoms with van der Waals surface area (Å²) in [5.74, 6) is -0.201. The van der Waals surface area contributed by atoms with Gasteiger partial charge in [-0.05, 0) is 30.2 Å². The van der Waals surface area contributed by atoms with Gasteiger partial charge in [0, 0.05) is 18.8 Å². The van der Waals surface area contributed by atoms with Gasteiger partial charge in [-0.15, -0.1) is 0 Å². The quantitative estimate of drug-likeness (QED) is 0.774. The Morgan fingerprint density at radius 3 is 2.92 bits per heavy atom. The zero-order chi connectivity index (χ0) is 17.4. The zero-order valence-corrected chi connectivity index (χ0v) is 13.9. The van der Waals surface area contributed by atoms with E-state index in [-0.39, 0.29) is 11.9 Å². The number of nitrogens with zero attached hydrogens (tertiary/aromatic N) is 2. The molecule has 3 aromatic rings. The Hall–Kier alpha value is -2.92. The first-order chi connectivity index (χ1) is 12.1. The summed E-state index contributed by atoms with van der Waals surface area (Å²) >= 11 is 0. The number of nitrogens with one attached hydrogen (secondary N) is 1. The minimum absolute atomic E-state index is 0.201. The Morgan fingerprint density at radius 1 is 1.28 bits per heavy atom. The molecule has 1 heterocycles. The van der Waals surface area contributed by atoms with E-state index in [1.54, 1.807) is 18.7 Å². The third kappa shape index (κ3) is 2.83. The number of aliphatic hydroxyl groups excluding tert-OH is 1. The highest BCUT2D eigenvalue weighted by atomic mass is 16.3. The van der Waals surface area contributed by atoms with Gasteiger partial charge in [0.15, 0.2) is 0 Å². The van der Waals surface area contributed by atoms with Crippen LogP contribution in [0.25, 0.3) is 5.69 Å². The van der Waals surface area contributed by atoms with Crippen molar-refractivity contribution in [3.05, 3.63) is 83.4 Å². The van der Waals surface area contributed by atoms with Crippen LogP contribution in [0, 0.1) is 6.92 Å². The van der Waals surface area contributed by atoms with E-state index in [4.69, 9.17) is 0 Å². The fourth-order valence-electron chi connectivity index (χ4n) is 3.43. The Bertz CT molecular complexity index is 918. The number of aliphatic hydroxyl groups is 1. The Morgan fingerprint density at radius 2 is 2.12 bits per heavy atom. The minimum atomic E-state index is -0.608. The van der Waals surface area contributed by atoms with Crippen molar-refractivity contribution >= 4 is 5.91 Å². The summed E-state index contributed by atoms with van der Waals surface area (Å²) < 4.78 is 1.81. The van der Waals surface area contributed by atoms with Crippen LogP contribution in [0.1, 0.15) is 33.1 Å². The van der Waals surface area contributed by atoms with E-state index in [0.29, 0.717) is 12.0 Å². The molecule has 0 spiro atoms. The molecule has 1 aliphatic rings. The van der Waals surface area contributed by atoms with Crippen LogP contribution in [0.4, 0.5) is 0 Å². The van der Waals surface area contributed by atoms with E-state index >= 15 is 0 Å². The smallest absolute Gasteiger partial charge is 0.253 e. The fourth-order valence-corrected chi connectivity index (χ4v) is 3.43. The van der Waals surface area contributed by atoms with Gasteiger partial charge in [0.05, 0.1) is 29.7 Å². The highest BCUT2D eigenvalue weighted by molar-refractivity contribution is 5.98. The van der Waals surface area contributed by atoms with Crippen LogP contribution in [0.5, 0.6) is 0 Å². The van der Waals surface area contributed by atoms with Crippen LogP contribution in [0.2, 0.25) is 0 Å². The Kier molecular flexibility index (Phi) is 3.86. The first kappa shape index (κ1) is 15.6. The number of carbonyl (C=O) groups excluding carboxylic acids is 1. The van der Waals surface area contributed by atoms with Crippen molar-refractivity contribution in [2.45, 2.75) is 25.5 Å². The average Bonchev–Trinajstić information content (AvgIpc) is 3.24. The lowest BCUT2D eigenvalue weighted by Gasteiger charge is -2.19. The van der Waals surface area contributed by atoms with Crippen molar-refractivity contribution in [1.29, 1.82) is 0 Å². The minimum Gasteiger partial charge on any atom is -0.390 e. The van der Waals surface area contributed by atoms with Crippen LogP contribution in [0.15, 0.2) is 61.2 Å². The van der Waals surface area contributed by atoms with Gasteiger partial charge in [0.1, 0.15) is 0 Å². The van der Waals surface area contributed by atoms with E-state index < -0.39 is 6.10 Å². The lowest BCUT2D eigenvalue weighted by molar-refractivity contribution is 0.0858. The van der Waals surface area contributed by atoms with Gasteiger partial charge < -0.3 is 15.0 Å². The van der Waals surface area contributed by atoms with E-state index in [1.807, 2.05) is 54.0 Å². The SMILES string of the molecule is Cc1ccc(-n2ccnc2)c(C(=O)N[C@H]2c3ccccc3C[C@H]2O)c1. The number of benzene rings is 2. The molecular formula is C20H19N3O2. The van der Waals surface area contributed by atoms with Gasteiger partial charge in [-0.1, -0.05) is 35.9 Å². The first-order valence-electron chi connectivity index (χ1n) is 8.29. The summed E-state index contributed by atoms with van der Waals surface area (Å²) in [4.78, 5) is 17.0. The molecule has 0 radical (unpaired) electrons. The first-order valence-corrected chi connectivity index (χ1v) is 8.29. The van der Waals surface area contributed by atoms with Gasteiger partial charge in [0.2, 0.25) is 0 Å². The molecule has 126 valence electrons. The van der Waals surface area contributed by atoms with Crippen LogP contribution < -0.4 is 5.32 Å². The number of imidazole rings is 1. The van der Waals surface area contributed by atoms with E-state index in [9.17, 15) is 9.90 Å². The summed E-state index contributed by atoms with van der Waals surface area (Å²) in [6.45, 7) is 1.95. The maximum absolute atomic E-state index is 13.0. The summed E-state index contributed by atoms with van der Waals surface area (Å²) in [5, 5.41) is 13.4. The zero-order valence-electron chi connectivity index (χ0n) is 13.9. The summed E-state index contributed by atoms with van der Waals surface area (Å²) in [6, 6.07) is 13.2. The molecule has 0 saturated heterocycles. The molecule has 0 saturated carbocycles. The molecule has 2 N–H and O–H groups in total. The van der Waals surface area contributed by atoms with Crippen LogP contribution >= 0.6 is 0 Å². The predicted molar refractivity (Wildman–Crippen MR) is 94.7 cm³/mol. The second-order valence-corrected chi connectivity index (χ2v) is 6.41. The van der Waals surface area contributed by atoms with Crippen molar-refractivity contribution in [3.63, 3.8) is 0 Å². The molecule has 5 nitrogen and oxygen atoms in total. The maximum Gasteiger partial charge on any atom is 0.253 e. The molecule has 2 aromatic carbocycles. The van der Waals surface area contributed by atoms with E-state index in [2.05, 4.69) is 10.3 Å². The van der Waals surface area contributed by atoms with Gasteiger partial charge in [-0.2, -0.15) is 0 Å². The Balaban J connectivity index is 1.67. The molecule has 25 heavy (non-hydrogen) atoms. The lowest BCUT2D eigenvalue weighted by Crippen LogP contribution is -2.34. The number of aryl methyl sites for hydroxylation is 1. The number of hydrogen-bond donors (Lipinski definition) is 2. The van der Waals surface area contributed by atoms with Crippen molar-refractivity contribution < 1.29 is 9.90 Å². The number of carbonyl (C=O) groups is 1. The second kappa shape index (κ2) is 6.18. The molecule has 0 bridgehead atoms. The topological polar surface area (TPSA) is 67.2 Å². The number of hydrogen-bond acceptors (Lipinski definition) is 3. The number of aromatic nitrogens is 2. The van der Waals surface area contributed by atoms with Crippen molar-refractivity contribution in [2.24, 2.45) is 0 Å². The van der Waals surface area contributed by atoms with Gasteiger partial charge in [-0.3, -0.25) is 4.79 Å². The van der Waals surface area contributed by atoms with Crippen LogP contribution in [0.3, 0.4) is 0 Å². The van der Waals surface area contributed by atoms with E-state index in [1.165, 1.54) is 0 Å². The van der Waals surface area contributed by atoms with Crippen molar-refractivity contribution in [1.82, 2.24) is 14.9 Å². The summed E-state index contributed by atoms with van der Waals surface area (Å²) in [6.07, 6.45) is 5.10. The van der Waals surface area contributed by atoms with Gasteiger partial charge >= 0.3 is 0 Å². The third-order valence-corrected chi connectivity index (χ3v) is 4.67. The number of fused-ring (bicyclic) bond motifs is 1. The molecule has 5 heteroatoms. The highest BCUT2D eigenvalue weighted by Crippen LogP contribution is 2.31. The number of rotatable bonds is 3. The highest BCUT2D eigenvalue weighted by Gasteiger charge is 2.32. The van der Waals surface area contributed by atoms with Crippen LogP contribution in [-0.2, 0) is 6.42 Å². The molecule has 1 aliphatic carbocycles. The largest absolute Gasteiger partial charge is 0.390 e. The second-order valence-electron chi connectivity index (χ2n) is 6.41. The van der Waals surface area contributed by atoms with Crippen LogP contribution in [-0.4, -0.2) is 26.7 Å². The summed E-state index contributed by atoms with van der Waals surface area (Å²) in [7, 11) is 0. The molecule has 1 amide bonds. The lowest BCUT2D eigenvalue weighted by atomic mass is 10.1. The predicted octanol–water partition coefficient (Wildman–Crippen LogP) is 2.57. The van der Waals surface area contributed by atoms with Crippen molar-refractivity contribution in [3.8, 4) is 5.69 Å². The maximum atomic E-state index is 13.0. The monoisotopic (exact) mass is 333 g/mol. The third-order valence-electron chi connectivity index (χ3n) is 4.67.